The van der Waals surface area contributed by atoms with Crippen molar-refractivity contribution in [2.75, 3.05) is 7.05 Å². The third-order valence-corrected chi connectivity index (χ3v) is 5.23. The van der Waals surface area contributed by atoms with E-state index in [1.165, 1.54) is 20.5 Å². The van der Waals surface area contributed by atoms with Gasteiger partial charge in [-0.2, -0.15) is 0 Å². The first-order valence-electron chi connectivity index (χ1n) is 6.23. The third-order valence-electron chi connectivity index (χ3n) is 2.67. The molecule has 1 N–H and O–H groups in total. The Balaban J connectivity index is 2.01. The van der Waals surface area contributed by atoms with E-state index in [-0.39, 0.29) is 0 Å². The predicted octanol–water partition coefficient (Wildman–Crippen LogP) is 4.37. The average molecular weight is 313 g/mol. The van der Waals surface area contributed by atoms with E-state index in [1.807, 2.05) is 30.5 Å². The Hall–Kier alpha value is -0.550. The van der Waals surface area contributed by atoms with Crippen LogP contribution in [0.25, 0.3) is 0 Å². The molecule has 0 unspecified atom stereocenters. The van der Waals surface area contributed by atoms with Gasteiger partial charge in [-0.1, -0.05) is 18.5 Å². The number of aromatic nitrogens is 1. The minimum absolute atomic E-state index is 0.781. The van der Waals surface area contributed by atoms with Crippen LogP contribution in [0.2, 0.25) is 5.02 Å². The van der Waals surface area contributed by atoms with Gasteiger partial charge in [0.25, 0.3) is 0 Å². The highest BCUT2D eigenvalue weighted by atomic mass is 35.5. The van der Waals surface area contributed by atoms with Crippen molar-refractivity contribution in [3.05, 3.63) is 44.9 Å². The number of halogens is 1. The number of rotatable bonds is 6. The summed E-state index contributed by atoms with van der Waals surface area (Å²) in [7, 11) is 1.97. The minimum atomic E-state index is 0.781. The first kappa shape index (κ1) is 14.9. The molecule has 0 radical (unpaired) electrons. The number of hydrogen-bond acceptors (Lipinski definition) is 4. The second-order valence-corrected chi connectivity index (χ2v) is 6.76. The normalized spacial score (nSPS) is 10.9. The van der Waals surface area contributed by atoms with Crippen LogP contribution in [0.1, 0.15) is 22.5 Å². The van der Waals surface area contributed by atoms with Crippen LogP contribution in [0.15, 0.2) is 29.2 Å². The van der Waals surface area contributed by atoms with Crippen molar-refractivity contribution < 1.29 is 0 Å². The second kappa shape index (κ2) is 7.29. The van der Waals surface area contributed by atoms with Gasteiger partial charge in [0.2, 0.25) is 0 Å². The first-order valence-corrected chi connectivity index (χ1v) is 8.41. The largest absolute Gasteiger partial charge is 0.315 e. The Bertz CT molecular complexity index is 523. The van der Waals surface area contributed by atoms with E-state index in [0.717, 1.165) is 23.7 Å². The SMILES string of the molecule is CCc1nc(CSc2ccc(Cl)cc2)sc1CNC. The topological polar surface area (TPSA) is 24.9 Å². The zero-order valence-electron chi connectivity index (χ0n) is 11.1. The van der Waals surface area contributed by atoms with Crippen molar-refractivity contribution >= 4 is 34.7 Å². The Morgan fingerprint density at radius 3 is 2.68 bits per heavy atom. The Morgan fingerprint density at radius 1 is 1.32 bits per heavy atom. The van der Waals surface area contributed by atoms with E-state index in [2.05, 4.69) is 24.4 Å². The van der Waals surface area contributed by atoms with E-state index in [0.29, 0.717) is 0 Å². The van der Waals surface area contributed by atoms with Crippen LogP contribution in [-0.2, 0) is 18.7 Å². The van der Waals surface area contributed by atoms with Gasteiger partial charge >= 0.3 is 0 Å². The Morgan fingerprint density at radius 2 is 2.05 bits per heavy atom. The van der Waals surface area contributed by atoms with Gasteiger partial charge < -0.3 is 5.32 Å². The van der Waals surface area contributed by atoms with Crippen LogP contribution < -0.4 is 5.32 Å². The molecule has 1 aromatic heterocycles. The number of benzene rings is 1. The molecule has 5 heteroatoms. The minimum Gasteiger partial charge on any atom is -0.315 e. The molecule has 1 aromatic carbocycles. The molecule has 0 fully saturated rings. The van der Waals surface area contributed by atoms with Gasteiger partial charge in [0, 0.05) is 21.3 Å². The molecule has 0 aliphatic carbocycles. The van der Waals surface area contributed by atoms with Gasteiger partial charge in [-0.15, -0.1) is 23.1 Å². The highest BCUT2D eigenvalue weighted by Gasteiger charge is 2.09. The molecular formula is C14H17ClN2S2. The maximum absolute atomic E-state index is 5.88. The zero-order valence-corrected chi connectivity index (χ0v) is 13.5. The van der Waals surface area contributed by atoms with Gasteiger partial charge in [-0.05, 0) is 37.7 Å². The summed E-state index contributed by atoms with van der Waals surface area (Å²) in [6.45, 7) is 3.07. The lowest BCUT2D eigenvalue weighted by atomic mass is 10.3. The molecule has 102 valence electrons. The first-order chi connectivity index (χ1) is 9.22. The standard InChI is InChI=1S/C14H17ClN2S2/c1-3-12-13(8-16-2)19-14(17-12)9-18-11-6-4-10(15)5-7-11/h4-7,16H,3,8-9H2,1-2H3. The van der Waals surface area contributed by atoms with E-state index in [4.69, 9.17) is 16.6 Å². The summed E-state index contributed by atoms with van der Waals surface area (Å²) >= 11 is 9.49. The summed E-state index contributed by atoms with van der Waals surface area (Å²) in [5.41, 5.74) is 1.23. The van der Waals surface area contributed by atoms with Crippen LogP contribution in [0.4, 0.5) is 0 Å². The molecule has 2 nitrogen and oxygen atoms in total. The summed E-state index contributed by atoms with van der Waals surface area (Å²) in [4.78, 5) is 7.30. The quantitative estimate of drug-likeness (QED) is 0.802. The number of hydrogen-bond donors (Lipinski definition) is 1. The van der Waals surface area contributed by atoms with Gasteiger partial charge in [0.15, 0.2) is 0 Å². The van der Waals surface area contributed by atoms with Gasteiger partial charge in [0.1, 0.15) is 5.01 Å². The summed E-state index contributed by atoms with van der Waals surface area (Å²) in [5, 5.41) is 5.18. The van der Waals surface area contributed by atoms with Crippen LogP contribution in [-0.4, -0.2) is 12.0 Å². The molecule has 0 atom stereocenters. The monoisotopic (exact) mass is 312 g/mol. The predicted molar refractivity (Wildman–Crippen MR) is 85.3 cm³/mol. The van der Waals surface area contributed by atoms with Gasteiger partial charge in [0.05, 0.1) is 11.4 Å². The number of thiazole rings is 1. The second-order valence-electron chi connectivity index (χ2n) is 4.10. The maximum Gasteiger partial charge on any atom is 0.103 e. The molecule has 2 aromatic rings. The van der Waals surface area contributed by atoms with Crippen molar-refractivity contribution in [2.24, 2.45) is 0 Å². The smallest absolute Gasteiger partial charge is 0.103 e. The summed E-state index contributed by atoms with van der Waals surface area (Å²) in [6, 6.07) is 7.96. The molecule has 0 aliphatic rings. The zero-order chi connectivity index (χ0) is 13.7. The fraction of sp³-hybridized carbons (Fsp3) is 0.357. The lowest BCUT2D eigenvalue weighted by molar-refractivity contribution is 0.814. The summed E-state index contributed by atoms with van der Waals surface area (Å²) in [5.74, 6) is 0.920. The lowest BCUT2D eigenvalue weighted by Crippen LogP contribution is -2.05. The molecule has 0 spiro atoms. The van der Waals surface area contributed by atoms with Crippen molar-refractivity contribution in [1.29, 1.82) is 0 Å². The molecule has 19 heavy (non-hydrogen) atoms. The average Bonchev–Trinajstić information content (AvgIpc) is 2.81. The van der Waals surface area contributed by atoms with Crippen molar-refractivity contribution in [2.45, 2.75) is 30.5 Å². The van der Waals surface area contributed by atoms with Crippen LogP contribution in [0, 0.1) is 0 Å². The fourth-order valence-electron chi connectivity index (χ4n) is 1.75. The third kappa shape index (κ3) is 4.21. The fourth-order valence-corrected chi connectivity index (χ4v) is 3.94. The number of thioether (sulfide) groups is 1. The van der Waals surface area contributed by atoms with Crippen LogP contribution in [0.3, 0.4) is 0 Å². The Labute approximate surface area is 127 Å². The van der Waals surface area contributed by atoms with E-state index in [1.54, 1.807) is 11.8 Å². The van der Waals surface area contributed by atoms with Crippen molar-refractivity contribution in [3.63, 3.8) is 0 Å². The van der Waals surface area contributed by atoms with Crippen LogP contribution >= 0.6 is 34.7 Å². The van der Waals surface area contributed by atoms with Crippen molar-refractivity contribution in [1.82, 2.24) is 10.3 Å². The summed E-state index contributed by atoms with van der Waals surface area (Å²) < 4.78 is 0. The van der Waals surface area contributed by atoms with Crippen molar-refractivity contribution in [3.8, 4) is 0 Å². The molecule has 0 bridgehead atoms. The molecular weight excluding hydrogens is 296 g/mol. The van der Waals surface area contributed by atoms with Gasteiger partial charge in [-0.25, -0.2) is 4.98 Å². The number of nitrogens with one attached hydrogen (secondary N) is 1. The molecule has 0 saturated heterocycles. The van der Waals surface area contributed by atoms with Gasteiger partial charge in [-0.3, -0.25) is 0 Å². The Kier molecular flexibility index (Phi) is 5.70. The lowest BCUT2D eigenvalue weighted by Gasteiger charge is -1.98. The molecule has 0 amide bonds. The number of nitrogens with zero attached hydrogens (tertiary/aromatic N) is 1. The van der Waals surface area contributed by atoms with E-state index >= 15 is 0 Å². The number of aryl methyl sites for hydroxylation is 1. The van der Waals surface area contributed by atoms with E-state index < -0.39 is 0 Å². The molecule has 0 saturated carbocycles. The summed E-state index contributed by atoms with van der Waals surface area (Å²) in [6.07, 6.45) is 0.999. The maximum atomic E-state index is 5.88. The molecule has 2 rings (SSSR count). The van der Waals surface area contributed by atoms with E-state index in [9.17, 15) is 0 Å². The molecule has 0 aliphatic heterocycles. The van der Waals surface area contributed by atoms with Crippen LogP contribution in [0.5, 0.6) is 0 Å². The molecule has 1 heterocycles. The highest BCUT2D eigenvalue weighted by molar-refractivity contribution is 7.98. The highest BCUT2D eigenvalue weighted by Crippen LogP contribution is 2.28.